The third kappa shape index (κ3) is 1.95. The van der Waals surface area contributed by atoms with Crippen LogP contribution in [0.15, 0.2) is 24.3 Å². The molecule has 1 fully saturated rings. The third-order valence-electron chi connectivity index (χ3n) is 2.92. The van der Waals surface area contributed by atoms with Crippen molar-refractivity contribution in [1.29, 1.82) is 0 Å². The van der Waals surface area contributed by atoms with Gasteiger partial charge in [-0.25, -0.2) is 0 Å². The molecule has 1 aromatic rings. The fourth-order valence-electron chi connectivity index (χ4n) is 1.71. The minimum atomic E-state index is 0.340. The van der Waals surface area contributed by atoms with Crippen LogP contribution < -0.4 is 5.73 Å². The first-order valence-corrected chi connectivity index (χ1v) is 5.13. The van der Waals surface area contributed by atoms with E-state index in [0.717, 1.165) is 24.1 Å². The van der Waals surface area contributed by atoms with Gasteiger partial charge in [0.25, 0.3) is 0 Å². The van der Waals surface area contributed by atoms with Gasteiger partial charge in [-0.1, -0.05) is 18.6 Å². The summed E-state index contributed by atoms with van der Waals surface area (Å²) in [7, 11) is 0. The molecule has 0 unspecified atom stereocenters. The number of Topliss-reactive ketones (excluding diaryl/α,β-unsaturated/α-hetero) is 1. The number of hydrogen-bond acceptors (Lipinski definition) is 2. The highest BCUT2D eigenvalue weighted by Crippen LogP contribution is 2.28. The minimum absolute atomic E-state index is 0.340. The first-order valence-electron chi connectivity index (χ1n) is 5.13. The standard InChI is InChI=1S/C12H15NO/c13-11-6-4-9(5-7-11)8-12(14)10-2-1-3-10/h4-7,10H,1-3,8,13H2. The van der Waals surface area contributed by atoms with Gasteiger partial charge in [0.15, 0.2) is 0 Å². The van der Waals surface area contributed by atoms with Crippen molar-refractivity contribution in [3.8, 4) is 0 Å². The van der Waals surface area contributed by atoms with Crippen LogP contribution in [0.5, 0.6) is 0 Å². The van der Waals surface area contributed by atoms with Crippen molar-refractivity contribution in [3.05, 3.63) is 29.8 Å². The lowest BCUT2D eigenvalue weighted by Crippen LogP contribution is -2.23. The second-order valence-electron chi connectivity index (χ2n) is 4.01. The monoisotopic (exact) mass is 189 g/mol. The Morgan fingerprint density at radius 3 is 2.43 bits per heavy atom. The average molecular weight is 189 g/mol. The summed E-state index contributed by atoms with van der Waals surface area (Å²) in [5, 5.41) is 0. The molecule has 1 aromatic carbocycles. The van der Waals surface area contributed by atoms with E-state index in [1.54, 1.807) is 0 Å². The van der Waals surface area contributed by atoms with E-state index >= 15 is 0 Å². The van der Waals surface area contributed by atoms with E-state index in [1.165, 1.54) is 6.42 Å². The van der Waals surface area contributed by atoms with Gasteiger partial charge < -0.3 is 5.73 Å². The van der Waals surface area contributed by atoms with Gasteiger partial charge in [0.1, 0.15) is 5.78 Å². The summed E-state index contributed by atoms with van der Waals surface area (Å²) >= 11 is 0. The largest absolute Gasteiger partial charge is 0.399 e. The number of rotatable bonds is 3. The highest BCUT2D eigenvalue weighted by Gasteiger charge is 2.24. The van der Waals surface area contributed by atoms with Gasteiger partial charge in [-0.2, -0.15) is 0 Å². The molecule has 2 N–H and O–H groups in total. The summed E-state index contributed by atoms with van der Waals surface area (Å²) in [6.07, 6.45) is 3.98. The van der Waals surface area contributed by atoms with Crippen LogP contribution in [0.4, 0.5) is 5.69 Å². The predicted octanol–water partition coefficient (Wildman–Crippen LogP) is 2.18. The highest BCUT2D eigenvalue weighted by molar-refractivity contribution is 5.83. The van der Waals surface area contributed by atoms with E-state index in [4.69, 9.17) is 5.73 Å². The Hall–Kier alpha value is -1.31. The highest BCUT2D eigenvalue weighted by atomic mass is 16.1. The van der Waals surface area contributed by atoms with Gasteiger partial charge in [0.2, 0.25) is 0 Å². The Morgan fingerprint density at radius 1 is 1.29 bits per heavy atom. The minimum Gasteiger partial charge on any atom is -0.399 e. The maximum atomic E-state index is 11.6. The zero-order chi connectivity index (χ0) is 9.97. The molecule has 2 heteroatoms. The summed E-state index contributed by atoms with van der Waals surface area (Å²) < 4.78 is 0. The van der Waals surface area contributed by atoms with E-state index < -0.39 is 0 Å². The molecule has 1 saturated carbocycles. The molecular weight excluding hydrogens is 174 g/mol. The van der Waals surface area contributed by atoms with Crippen LogP contribution in [0.1, 0.15) is 24.8 Å². The summed E-state index contributed by atoms with van der Waals surface area (Å²) in [5.74, 6) is 0.730. The number of carbonyl (C=O) groups excluding carboxylic acids is 1. The van der Waals surface area contributed by atoms with Crippen LogP contribution >= 0.6 is 0 Å². The molecular formula is C12H15NO. The summed E-state index contributed by atoms with van der Waals surface area (Å²) in [5.41, 5.74) is 7.40. The summed E-state index contributed by atoms with van der Waals surface area (Å²) in [6, 6.07) is 7.57. The van der Waals surface area contributed by atoms with Crippen LogP contribution in [-0.4, -0.2) is 5.78 Å². The van der Waals surface area contributed by atoms with E-state index in [-0.39, 0.29) is 0 Å². The van der Waals surface area contributed by atoms with Crippen molar-refractivity contribution in [2.24, 2.45) is 5.92 Å². The Balaban J connectivity index is 1.96. The zero-order valence-electron chi connectivity index (χ0n) is 8.20. The lowest BCUT2D eigenvalue weighted by Gasteiger charge is -2.23. The Labute approximate surface area is 84.1 Å². The molecule has 0 spiro atoms. The van der Waals surface area contributed by atoms with Crippen LogP contribution in [0.25, 0.3) is 0 Å². The lowest BCUT2D eigenvalue weighted by atomic mass is 9.80. The summed E-state index contributed by atoms with van der Waals surface area (Å²) in [6.45, 7) is 0. The molecule has 2 nitrogen and oxygen atoms in total. The fraction of sp³-hybridized carbons (Fsp3) is 0.417. The molecule has 1 aliphatic carbocycles. The predicted molar refractivity (Wildman–Crippen MR) is 56.9 cm³/mol. The molecule has 74 valence electrons. The van der Waals surface area contributed by atoms with Gasteiger partial charge in [0.05, 0.1) is 0 Å². The molecule has 0 bridgehead atoms. The molecule has 0 atom stereocenters. The van der Waals surface area contributed by atoms with Crippen molar-refractivity contribution < 1.29 is 4.79 Å². The van der Waals surface area contributed by atoms with Gasteiger partial charge >= 0.3 is 0 Å². The van der Waals surface area contributed by atoms with Crippen molar-refractivity contribution in [3.63, 3.8) is 0 Å². The fourth-order valence-corrected chi connectivity index (χ4v) is 1.71. The van der Waals surface area contributed by atoms with Crippen molar-refractivity contribution in [2.75, 3.05) is 5.73 Å². The lowest BCUT2D eigenvalue weighted by molar-refractivity contribution is -0.124. The molecule has 0 radical (unpaired) electrons. The second-order valence-corrected chi connectivity index (χ2v) is 4.01. The van der Waals surface area contributed by atoms with Crippen molar-refractivity contribution in [2.45, 2.75) is 25.7 Å². The molecule has 0 saturated heterocycles. The van der Waals surface area contributed by atoms with Gasteiger partial charge in [-0.15, -0.1) is 0 Å². The first kappa shape index (κ1) is 9.25. The van der Waals surface area contributed by atoms with Crippen LogP contribution in [0, 0.1) is 5.92 Å². The molecule has 0 aliphatic heterocycles. The van der Waals surface area contributed by atoms with E-state index in [2.05, 4.69) is 0 Å². The Kier molecular flexibility index (Phi) is 2.53. The number of anilines is 1. The first-order chi connectivity index (χ1) is 6.75. The van der Waals surface area contributed by atoms with E-state index in [0.29, 0.717) is 18.1 Å². The van der Waals surface area contributed by atoms with Crippen LogP contribution in [0.2, 0.25) is 0 Å². The zero-order valence-corrected chi connectivity index (χ0v) is 8.20. The molecule has 0 amide bonds. The molecule has 0 heterocycles. The molecule has 2 rings (SSSR count). The number of hydrogen-bond donors (Lipinski definition) is 1. The van der Waals surface area contributed by atoms with Gasteiger partial charge in [-0.05, 0) is 30.5 Å². The number of carbonyl (C=O) groups is 1. The quantitative estimate of drug-likeness (QED) is 0.740. The Morgan fingerprint density at radius 2 is 1.93 bits per heavy atom. The summed E-state index contributed by atoms with van der Waals surface area (Å²) in [4.78, 5) is 11.6. The van der Waals surface area contributed by atoms with Gasteiger partial charge in [-0.3, -0.25) is 4.79 Å². The van der Waals surface area contributed by atoms with Crippen LogP contribution in [-0.2, 0) is 11.2 Å². The maximum Gasteiger partial charge on any atom is 0.140 e. The average Bonchev–Trinajstić information content (AvgIpc) is 2.06. The van der Waals surface area contributed by atoms with Crippen molar-refractivity contribution >= 4 is 11.5 Å². The molecule has 14 heavy (non-hydrogen) atoms. The van der Waals surface area contributed by atoms with E-state index in [9.17, 15) is 4.79 Å². The number of ketones is 1. The number of nitrogens with two attached hydrogens (primary N) is 1. The van der Waals surface area contributed by atoms with E-state index in [1.807, 2.05) is 24.3 Å². The SMILES string of the molecule is Nc1ccc(CC(=O)C2CCC2)cc1. The molecule has 0 aromatic heterocycles. The molecule has 1 aliphatic rings. The topological polar surface area (TPSA) is 43.1 Å². The number of benzene rings is 1. The van der Waals surface area contributed by atoms with Crippen LogP contribution in [0.3, 0.4) is 0 Å². The number of nitrogen functional groups attached to an aromatic ring is 1. The normalized spacial score (nSPS) is 16.3. The van der Waals surface area contributed by atoms with Crippen molar-refractivity contribution in [1.82, 2.24) is 0 Å². The maximum absolute atomic E-state index is 11.6. The smallest absolute Gasteiger partial charge is 0.140 e. The second kappa shape index (κ2) is 3.82. The van der Waals surface area contributed by atoms with Gasteiger partial charge in [0, 0.05) is 18.0 Å². The third-order valence-corrected chi connectivity index (χ3v) is 2.92. The Bertz CT molecular complexity index is 325.